The summed E-state index contributed by atoms with van der Waals surface area (Å²) in [6.45, 7) is 0. The van der Waals surface area contributed by atoms with Crippen LogP contribution in [0.3, 0.4) is 0 Å². The van der Waals surface area contributed by atoms with Crippen molar-refractivity contribution in [3.8, 4) is 78.3 Å². The highest BCUT2D eigenvalue weighted by Crippen LogP contribution is 2.36. The summed E-state index contributed by atoms with van der Waals surface area (Å²) in [4.78, 5) is 10.3. The van der Waals surface area contributed by atoms with Crippen molar-refractivity contribution in [2.24, 2.45) is 0 Å². The van der Waals surface area contributed by atoms with Crippen LogP contribution in [0.15, 0.2) is 206 Å². The highest BCUT2D eigenvalue weighted by molar-refractivity contribution is 5.94. The second kappa shape index (κ2) is 13.8. The van der Waals surface area contributed by atoms with Gasteiger partial charge < -0.3 is 0 Å². The zero-order valence-corrected chi connectivity index (χ0v) is 28.5. The molecule has 0 amide bonds. The average Bonchev–Trinajstić information content (AvgIpc) is 3.24. The third-order valence-electron chi connectivity index (χ3n) is 9.67. The highest BCUT2D eigenvalue weighted by Gasteiger charge is 2.14. The summed E-state index contributed by atoms with van der Waals surface area (Å²) < 4.78 is 0. The Labute approximate surface area is 304 Å². The highest BCUT2D eigenvalue weighted by atomic mass is 14.9. The molecule has 0 aliphatic rings. The van der Waals surface area contributed by atoms with Gasteiger partial charge in [0.15, 0.2) is 5.82 Å². The van der Waals surface area contributed by atoms with E-state index in [1.54, 1.807) is 0 Å². The van der Waals surface area contributed by atoms with Crippen LogP contribution in [0.25, 0.3) is 89.2 Å². The lowest BCUT2D eigenvalue weighted by Gasteiger charge is -2.13. The summed E-state index contributed by atoms with van der Waals surface area (Å²) in [6.07, 6.45) is 0. The molecule has 9 rings (SSSR count). The molecule has 0 atom stereocenters. The fraction of sp³-hybridized carbons (Fsp3) is 0. The summed E-state index contributed by atoms with van der Waals surface area (Å²) in [5.74, 6) is 0.710. The molecule has 0 unspecified atom stereocenters. The molecule has 0 spiro atoms. The molecular weight excluding hydrogens is 629 g/mol. The number of nitrogens with zero attached hydrogens (tertiary/aromatic N) is 2. The lowest BCUT2D eigenvalue weighted by atomic mass is 9.92. The van der Waals surface area contributed by atoms with E-state index in [2.05, 4.69) is 194 Å². The number of rotatable bonds is 7. The molecule has 0 radical (unpaired) electrons. The molecule has 0 saturated carbocycles. The maximum Gasteiger partial charge on any atom is 0.160 e. The van der Waals surface area contributed by atoms with Gasteiger partial charge in [0.25, 0.3) is 0 Å². The van der Waals surface area contributed by atoms with Crippen LogP contribution in [0.2, 0.25) is 0 Å². The summed E-state index contributed by atoms with van der Waals surface area (Å²) in [5.41, 5.74) is 15.7. The first-order valence-electron chi connectivity index (χ1n) is 17.6. The van der Waals surface area contributed by atoms with Crippen LogP contribution < -0.4 is 0 Å². The zero-order chi connectivity index (χ0) is 34.7. The fourth-order valence-corrected chi connectivity index (χ4v) is 6.98. The van der Waals surface area contributed by atoms with Gasteiger partial charge in [-0.05, 0) is 92.0 Å². The van der Waals surface area contributed by atoms with Gasteiger partial charge in [0, 0.05) is 16.5 Å². The van der Waals surface area contributed by atoms with Crippen LogP contribution in [0, 0.1) is 0 Å². The molecular formula is C50H34N2. The van der Waals surface area contributed by atoms with Crippen LogP contribution in [-0.4, -0.2) is 9.97 Å². The molecule has 8 aromatic carbocycles. The molecule has 9 aromatic rings. The number of hydrogen-bond donors (Lipinski definition) is 0. The minimum absolute atomic E-state index is 0.710. The Hall–Kier alpha value is -6.90. The Morgan fingerprint density at radius 3 is 1.17 bits per heavy atom. The Bertz CT molecular complexity index is 2590. The molecule has 0 saturated heterocycles. The summed E-state index contributed by atoms with van der Waals surface area (Å²) in [6, 6.07) is 73.0. The maximum absolute atomic E-state index is 5.21. The van der Waals surface area contributed by atoms with E-state index in [1.165, 1.54) is 44.5 Å². The summed E-state index contributed by atoms with van der Waals surface area (Å²) in [7, 11) is 0. The lowest BCUT2D eigenvalue weighted by Crippen LogP contribution is -1.95. The molecule has 1 heterocycles. The van der Waals surface area contributed by atoms with Crippen molar-refractivity contribution in [1.82, 2.24) is 9.97 Å². The Morgan fingerprint density at radius 2 is 0.596 bits per heavy atom. The molecule has 244 valence electrons. The van der Waals surface area contributed by atoms with E-state index in [0.29, 0.717) is 5.82 Å². The molecule has 0 N–H and O–H groups in total. The van der Waals surface area contributed by atoms with E-state index in [9.17, 15) is 0 Å². The minimum Gasteiger partial charge on any atom is -0.228 e. The first-order chi connectivity index (χ1) is 25.7. The Morgan fingerprint density at radius 1 is 0.231 bits per heavy atom. The molecule has 0 bridgehead atoms. The van der Waals surface area contributed by atoms with Crippen molar-refractivity contribution in [3.05, 3.63) is 206 Å². The minimum atomic E-state index is 0.710. The van der Waals surface area contributed by atoms with Crippen LogP contribution in [-0.2, 0) is 0 Å². The van der Waals surface area contributed by atoms with E-state index in [0.717, 1.165) is 38.9 Å². The Balaban J connectivity index is 1.10. The van der Waals surface area contributed by atoms with E-state index >= 15 is 0 Å². The lowest BCUT2D eigenvalue weighted by molar-refractivity contribution is 1.23. The SMILES string of the molecule is c1ccc(-c2ccc(-c3nc(-c4cccc(-c5cccc(-c6cc(-c7ccccc7)cc(-c7ccccc7)c6)c5)c4)nc4ccccc34)cc2)cc1. The summed E-state index contributed by atoms with van der Waals surface area (Å²) in [5, 5.41) is 1.04. The monoisotopic (exact) mass is 662 g/mol. The summed E-state index contributed by atoms with van der Waals surface area (Å²) >= 11 is 0. The topological polar surface area (TPSA) is 25.8 Å². The van der Waals surface area contributed by atoms with Gasteiger partial charge >= 0.3 is 0 Å². The van der Waals surface area contributed by atoms with E-state index in [-0.39, 0.29) is 0 Å². The molecule has 0 aliphatic heterocycles. The standard InChI is InChI=1S/C50H34N2/c1-4-14-35(15-5-1)38-26-28-39(29-27-38)49-47-24-10-11-25-48(47)51-50(52-49)43-23-13-21-41(31-43)40-20-12-22-42(30-40)46-33-44(36-16-6-2-7-17-36)32-45(34-46)37-18-8-3-9-19-37/h1-34H. The van der Waals surface area contributed by atoms with Gasteiger partial charge in [-0.25, -0.2) is 9.97 Å². The number of hydrogen-bond acceptors (Lipinski definition) is 2. The number of para-hydroxylation sites is 1. The van der Waals surface area contributed by atoms with E-state index in [4.69, 9.17) is 9.97 Å². The van der Waals surface area contributed by atoms with E-state index in [1.807, 2.05) is 12.1 Å². The predicted molar refractivity (Wildman–Crippen MR) is 218 cm³/mol. The number of aromatic nitrogens is 2. The van der Waals surface area contributed by atoms with Gasteiger partial charge in [0.2, 0.25) is 0 Å². The maximum atomic E-state index is 5.21. The van der Waals surface area contributed by atoms with Crippen LogP contribution in [0.5, 0.6) is 0 Å². The fourth-order valence-electron chi connectivity index (χ4n) is 6.98. The largest absolute Gasteiger partial charge is 0.228 e. The number of benzene rings is 8. The molecule has 2 heteroatoms. The molecule has 0 fully saturated rings. The molecule has 2 nitrogen and oxygen atoms in total. The predicted octanol–water partition coefficient (Wildman–Crippen LogP) is 13.3. The van der Waals surface area contributed by atoms with Crippen molar-refractivity contribution >= 4 is 10.9 Å². The first kappa shape index (κ1) is 31.1. The first-order valence-corrected chi connectivity index (χ1v) is 17.6. The normalized spacial score (nSPS) is 11.1. The van der Waals surface area contributed by atoms with Gasteiger partial charge in [0.05, 0.1) is 11.2 Å². The van der Waals surface area contributed by atoms with Crippen molar-refractivity contribution < 1.29 is 0 Å². The molecule has 52 heavy (non-hydrogen) atoms. The third-order valence-corrected chi connectivity index (χ3v) is 9.67. The van der Waals surface area contributed by atoms with Crippen LogP contribution in [0.1, 0.15) is 0 Å². The smallest absolute Gasteiger partial charge is 0.160 e. The van der Waals surface area contributed by atoms with Crippen LogP contribution in [0.4, 0.5) is 0 Å². The third kappa shape index (κ3) is 6.30. The zero-order valence-electron chi connectivity index (χ0n) is 28.5. The van der Waals surface area contributed by atoms with Gasteiger partial charge in [-0.15, -0.1) is 0 Å². The van der Waals surface area contributed by atoms with Crippen molar-refractivity contribution in [3.63, 3.8) is 0 Å². The van der Waals surface area contributed by atoms with Gasteiger partial charge in [0.1, 0.15) is 0 Å². The van der Waals surface area contributed by atoms with Crippen LogP contribution >= 0.6 is 0 Å². The number of fused-ring (bicyclic) bond motifs is 1. The quantitative estimate of drug-likeness (QED) is 0.170. The second-order valence-corrected chi connectivity index (χ2v) is 13.0. The van der Waals surface area contributed by atoms with Crippen molar-refractivity contribution in [2.75, 3.05) is 0 Å². The van der Waals surface area contributed by atoms with E-state index < -0.39 is 0 Å². The molecule has 0 aliphatic carbocycles. The average molecular weight is 663 g/mol. The van der Waals surface area contributed by atoms with Gasteiger partial charge in [-0.1, -0.05) is 170 Å². The van der Waals surface area contributed by atoms with Crippen molar-refractivity contribution in [1.29, 1.82) is 0 Å². The van der Waals surface area contributed by atoms with Crippen molar-refractivity contribution in [2.45, 2.75) is 0 Å². The van der Waals surface area contributed by atoms with Gasteiger partial charge in [-0.2, -0.15) is 0 Å². The van der Waals surface area contributed by atoms with Gasteiger partial charge in [-0.3, -0.25) is 0 Å². The Kier molecular flexibility index (Phi) is 8.24. The second-order valence-electron chi connectivity index (χ2n) is 13.0. The molecule has 1 aromatic heterocycles.